The smallest absolute Gasteiger partial charge is 0.305 e. The molecule has 0 aromatic heterocycles. The number of carbonyl (C=O) groups excluding carboxylic acids is 2. The van der Waals surface area contributed by atoms with Gasteiger partial charge in [-0.3, -0.25) is 14.4 Å². The lowest BCUT2D eigenvalue weighted by molar-refractivity contribution is -0.141. The number of rotatable bonds is 6. The number of ketones is 1. The van der Waals surface area contributed by atoms with Crippen molar-refractivity contribution in [1.29, 1.82) is 0 Å². The number of esters is 1. The van der Waals surface area contributed by atoms with E-state index in [0.717, 1.165) is 10.0 Å². The van der Waals surface area contributed by atoms with E-state index in [1.807, 2.05) is 12.1 Å². The summed E-state index contributed by atoms with van der Waals surface area (Å²) in [6.45, 7) is 0. The number of carboxylic acids is 1. The Morgan fingerprint density at radius 3 is 2.64 bits per heavy atom. The summed E-state index contributed by atoms with van der Waals surface area (Å²) >= 11 is 3.35. The van der Waals surface area contributed by atoms with Crippen molar-refractivity contribution < 1.29 is 24.2 Å². The monoisotopic (exact) mass is 368 g/mol. The molecule has 0 fully saturated rings. The third-order valence-corrected chi connectivity index (χ3v) is 4.67. The van der Waals surface area contributed by atoms with Gasteiger partial charge in [0.2, 0.25) is 0 Å². The number of benzene rings is 1. The molecule has 0 radical (unpaired) electrons. The summed E-state index contributed by atoms with van der Waals surface area (Å²) in [6, 6.07) is 5.50. The quantitative estimate of drug-likeness (QED) is 0.780. The zero-order chi connectivity index (χ0) is 16.3. The molecule has 1 unspecified atom stereocenters. The minimum absolute atomic E-state index is 0.0750. The highest BCUT2D eigenvalue weighted by molar-refractivity contribution is 9.10. The highest BCUT2D eigenvalue weighted by atomic mass is 79.9. The summed E-state index contributed by atoms with van der Waals surface area (Å²) in [7, 11) is 1.30. The van der Waals surface area contributed by atoms with E-state index >= 15 is 0 Å². The van der Waals surface area contributed by atoms with E-state index in [0.29, 0.717) is 18.4 Å². The van der Waals surface area contributed by atoms with E-state index in [1.54, 1.807) is 6.07 Å². The molecule has 6 heteroatoms. The van der Waals surface area contributed by atoms with Crippen LogP contribution in [0.1, 0.15) is 41.6 Å². The molecule has 1 aromatic carbocycles. The maximum absolute atomic E-state index is 12.8. The molecule has 1 aliphatic carbocycles. The molecule has 0 saturated heterocycles. The molecule has 5 nitrogen and oxygen atoms in total. The zero-order valence-electron chi connectivity index (χ0n) is 12.2. The van der Waals surface area contributed by atoms with E-state index in [1.165, 1.54) is 7.11 Å². The fourth-order valence-corrected chi connectivity index (χ4v) is 3.32. The minimum atomic E-state index is -0.942. The molecular formula is C16H17BrO5. The predicted octanol–water partition coefficient (Wildman–Crippen LogP) is 2.99. The molecule has 0 spiro atoms. The number of hydrogen-bond donors (Lipinski definition) is 1. The topological polar surface area (TPSA) is 80.7 Å². The van der Waals surface area contributed by atoms with Crippen LogP contribution in [0.4, 0.5) is 0 Å². The second-order valence-electron chi connectivity index (χ2n) is 5.56. The summed E-state index contributed by atoms with van der Waals surface area (Å²) in [4.78, 5) is 35.2. The Kier molecular flexibility index (Phi) is 5.01. The van der Waals surface area contributed by atoms with Gasteiger partial charge in [-0.1, -0.05) is 22.0 Å². The van der Waals surface area contributed by atoms with Gasteiger partial charge in [0.15, 0.2) is 5.78 Å². The van der Waals surface area contributed by atoms with Crippen LogP contribution in [0.25, 0.3) is 0 Å². The van der Waals surface area contributed by atoms with E-state index < -0.39 is 11.4 Å². The number of hydrogen-bond acceptors (Lipinski definition) is 4. The van der Waals surface area contributed by atoms with Gasteiger partial charge in [0.25, 0.3) is 0 Å². The van der Waals surface area contributed by atoms with Gasteiger partial charge in [0, 0.05) is 28.3 Å². The maximum atomic E-state index is 12.8. The summed E-state index contributed by atoms with van der Waals surface area (Å²) < 4.78 is 5.45. The SMILES string of the molecule is COC(=O)CCC1(CCC(=O)O)Cc2ccc(Br)cc2C1=O. The van der Waals surface area contributed by atoms with Crippen molar-refractivity contribution in [1.82, 2.24) is 0 Å². The number of carboxylic acid groups (broad SMARTS) is 1. The van der Waals surface area contributed by atoms with E-state index in [9.17, 15) is 14.4 Å². The Labute approximate surface area is 136 Å². The average Bonchev–Trinajstić information content (AvgIpc) is 2.76. The molecule has 0 saturated carbocycles. The molecule has 1 aliphatic rings. The minimum Gasteiger partial charge on any atom is -0.481 e. The van der Waals surface area contributed by atoms with Crippen LogP contribution in [0, 0.1) is 5.41 Å². The third-order valence-electron chi connectivity index (χ3n) is 4.18. The Bertz CT molecular complexity index is 625. The van der Waals surface area contributed by atoms with E-state index in [2.05, 4.69) is 20.7 Å². The number of aliphatic carboxylic acids is 1. The van der Waals surface area contributed by atoms with Gasteiger partial charge in [-0.05, 0) is 37.0 Å². The van der Waals surface area contributed by atoms with E-state index in [4.69, 9.17) is 5.11 Å². The summed E-state index contributed by atoms with van der Waals surface area (Å²) in [5.74, 6) is -1.41. The second kappa shape index (κ2) is 6.60. The van der Waals surface area contributed by atoms with Crippen LogP contribution < -0.4 is 0 Å². The zero-order valence-corrected chi connectivity index (χ0v) is 13.8. The van der Waals surface area contributed by atoms with Crippen molar-refractivity contribution in [2.24, 2.45) is 5.41 Å². The van der Waals surface area contributed by atoms with Gasteiger partial charge in [-0.25, -0.2) is 0 Å². The van der Waals surface area contributed by atoms with Gasteiger partial charge < -0.3 is 9.84 Å². The van der Waals surface area contributed by atoms with Crippen LogP contribution in [0.2, 0.25) is 0 Å². The summed E-state index contributed by atoms with van der Waals surface area (Å²) in [5, 5.41) is 8.95. The molecule has 0 heterocycles. The number of halogens is 1. The molecule has 1 atom stereocenters. The molecule has 2 rings (SSSR count). The van der Waals surface area contributed by atoms with Crippen molar-refractivity contribution in [2.75, 3.05) is 7.11 Å². The highest BCUT2D eigenvalue weighted by Gasteiger charge is 2.45. The Morgan fingerprint density at radius 2 is 2.00 bits per heavy atom. The molecule has 1 aromatic rings. The number of ether oxygens (including phenoxy) is 1. The maximum Gasteiger partial charge on any atom is 0.305 e. The molecule has 0 aliphatic heterocycles. The Balaban J connectivity index is 2.28. The van der Waals surface area contributed by atoms with Gasteiger partial charge in [-0.2, -0.15) is 0 Å². The molecular weight excluding hydrogens is 352 g/mol. The average molecular weight is 369 g/mol. The number of Topliss-reactive ketones (excluding diaryl/α,β-unsaturated/α-hetero) is 1. The van der Waals surface area contributed by atoms with Crippen molar-refractivity contribution in [3.63, 3.8) is 0 Å². The molecule has 0 bridgehead atoms. The Morgan fingerprint density at radius 1 is 1.32 bits per heavy atom. The summed E-state index contributed by atoms with van der Waals surface area (Å²) in [5.41, 5.74) is 0.698. The van der Waals surface area contributed by atoms with Crippen molar-refractivity contribution >= 4 is 33.7 Å². The van der Waals surface area contributed by atoms with Crippen LogP contribution in [0.15, 0.2) is 22.7 Å². The molecule has 1 N–H and O–H groups in total. The normalized spacial score (nSPS) is 19.8. The van der Waals surface area contributed by atoms with Crippen molar-refractivity contribution in [3.8, 4) is 0 Å². The van der Waals surface area contributed by atoms with Crippen LogP contribution in [0.5, 0.6) is 0 Å². The lowest BCUT2D eigenvalue weighted by atomic mass is 9.75. The summed E-state index contributed by atoms with van der Waals surface area (Å²) in [6.07, 6.45) is 1.01. The first-order chi connectivity index (χ1) is 10.4. The lowest BCUT2D eigenvalue weighted by Gasteiger charge is -2.26. The fourth-order valence-electron chi connectivity index (χ4n) is 2.96. The van der Waals surface area contributed by atoms with E-state index in [-0.39, 0.29) is 31.0 Å². The Hall–Kier alpha value is -1.69. The van der Waals surface area contributed by atoms with Crippen LogP contribution in [-0.2, 0) is 20.7 Å². The number of fused-ring (bicyclic) bond motifs is 1. The third kappa shape index (κ3) is 3.38. The van der Waals surface area contributed by atoms with Crippen LogP contribution in [0.3, 0.4) is 0 Å². The largest absolute Gasteiger partial charge is 0.481 e. The molecule has 22 heavy (non-hydrogen) atoms. The highest BCUT2D eigenvalue weighted by Crippen LogP contribution is 2.44. The van der Waals surface area contributed by atoms with Gasteiger partial charge in [0.1, 0.15) is 0 Å². The number of methoxy groups -OCH3 is 1. The molecule has 118 valence electrons. The number of carbonyl (C=O) groups is 3. The van der Waals surface area contributed by atoms with Crippen molar-refractivity contribution in [2.45, 2.75) is 32.1 Å². The van der Waals surface area contributed by atoms with Gasteiger partial charge in [-0.15, -0.1) is 0 Å². The molecule has 0 amide bonds. The second-order valence-corrected chi connectivity index (χ2v) is 6.47. The first kappa shape index (κ1) is 16.7. The van der Waals surface area contributed by atoms with Crippen molar-refractivity contribution in [3.05, 3.63) is 33.8 Å². The fraction of sp³-hybridized carbons (Fsp3) is 0.438. The van der Waals surface area contributed by atoms with Crippen LogP contribution in [-0.4, -0.2) is 29.9 Å². The standard InChI is InChI=1S/C16H17BrO5/c1-22-14(20)5-7-16(6-4-13(18)19)9-10-2-3-11(17)8-12(10)15(16)21/h2-3,8H,4-7,9H2,1H3,(H,18,19). The first-order valence-corrected chi connectivity index (χ1v) is 7.79. The first-order valence-electron chi connectivity index (χ1n) is 7.00. The lowest BCUT2D eigenvalue weighted by Crippen LogP contribution is -2.30. The predicted molar refractivity (Wildman–Crippen MR) is 82.7 cm³/mol. The van der Waals surface area contributed by atoms with Crippen LogP contribution >= 0.6 is 15.9 Å². The van der Waals surface area contributed by atoms with Gasteiger partial charge >= 0.3 is 11.9 Å². The van der Waals surface area contributed by atoms with Gasteiger partial charge in [0.05, 0.1) is 7.11 Å².